The second-order valence-electron chi connectivity index (χ2n) is 4.95. The molecule has 2 aromatic rings. The number of hydrogen-bond acceptors (Lipinski definition) is 5. The fourth-order valence-electron chi connectivity index (χ4n) is 1.91. The van der Waals surface area contributed by atoms with Gasteiger partial charge in [-0.2, -0.15) is 0 Å². The number of thiazole rings is 1. The minimum atomic E-state index is 0.502. The summed E-state index contributed by atoms with van der Waals surface area (Å²) in [5, 5.41) is 17.9. The molecule has 120 valence electrons. The van der Waals surface area contributed by atoms with Gasteiger partial charge in [-0.3, -0.25) is 0 Å². The second kappa shape index (κ2) is 7.88. The largest absolute Gasteiger partial charge is 0.357 e. The van der Waals surface area contributed by atoms with Crippen LogP contribution in [0.5, 0.6) is 0 Å². The van der Waals surface area contributed by atoms with E-state index in [1.54, 1.807) is 11.3 Å². The van der Waals surface area contributed by atoms with Gasteiger partial charge in [0, 0.05) is 31.9 Å². The Balaban J connectivity index is 1.88. The maximum absolute atomic E-state index is 4.55. The fourth-order valence-corrected chi connectivity index (χ4v) is 2.56. The van der Waals surface area contributed by atoms with Crippen molar-refractivity contribution in [1.29, 1.82) is 0 Å². The van der Waals surface area contributed by atoms with Crippen molar-refractivity contribution < 1.29 is 0 Å². The first kappa shape index (κ1) is 16.4. The van der Waals surface area contributed by atoms with Crippen LogP contribution in [0.1, 0.15) is 29.3 Å². The molecule has 0 aromatic carbocycles. The van der Waals surface area contributed by atoms with Gasteiger partial charge < -0.3 is 15.2 Å². The second-order valence-corrected chi connectivity index (χ2v) is 6.01. The fraction of sp³-hybridized carbons (Fsp3) is 0.571. The maximum atomic E-state index is 4.55. The number of aromatic nitrogens is 4. The predicted octanol–water partition coefficient (Wildman–Crippen LogP) is 1.19. The van der Waals surface area contributed by atoms with E-state index in [2.05, 4.69) is 36.2 Å². The van der Waals surface area contributed by atoms with E-state index < -0.39 is 0 Å². The Morgan fingerprint density at radius 1 is 1.32 bits per heavy atom. The van der Waals surface area contributed by atoms with Gasteiger partial charge in [0.2, 0.25) is 0 Å². The summed E-state index contributed by atoms with van der Waals surface area (Å²) in [6.07, 6.45) is 0.887. The third kappa shape index (κ3) is 4.52. The molecule has 22 heavy (non-hydrogen) atoms. The van der Waals surface area contributed by atoms with E-state index >= 15 is 0 Å². The third-order valence-corrected chi connectivity index (χ3v) is 4.07. The molecule has 0 radical (unpaired) electrons. The zero-order chi connectivity index (χ0) is 15.9. The summed E-state index contributed by atoms with van der Waals surface area (Å²) in [6, 6.07) is 0. The Morgan fingerprint density at radius 3 is 2.73 bits per heavy atom. The Morgan fingerprint density at radius 2 is 2.14 bits per heavy atom. The average Bonchev–Trinajstić information content (AvgIpc) is 3.04. The van der Waals surface area contributed by atoms with E-state index in [1.807, 2.05) is 32.4 Å². The quantitative estimate of drug-likeness (QED) is 0.617. The minimum absolute atomic E-state index is 0.502. The topological polar surface area (TPSA) is 80.0 Å². The van der Waals surface area contributed by atoms with Crippen LogP contribution in [0.2, 0.25) is 0 Å². The molecular formula is C14H23N7S. The molecule has 0 amide bonds. The number of nitrogens with one attached hydrogen (secondary N) is 2. The molecule has 0 aliphatic heterocycles. The highest BCUT2D eigenvalue weighted by Gasteiger charge is 2.05. The summed E-state index contributed by atoms with van der Waals surface area (Å²) in [5.41, 5.74) is 1.12. The number of rotatable bonds is 6. The SMILES string of the molecule is CCNC(=NCc1nnc(C)n1C)NCCc1csc(C)n1. The van der Waals surface area contributed by atoms with Crippen LogP contribution >= 0.6 is 11.3 Å². The molecule has 0 atom stereocenters. The van der Waals surface area contributed by atoms with Gasteiger partial charge in [0.1, 0.15) is 12.4 Å². The van der Waals surface area contributed by atoms with Crippen molar-refractivity contribution in [3.8, 4) is 0 Å². The van der Waals surface area contributed by atoms with Crippen molar-refractivity contribution in [3.05, 3.63) is 27.7 Å². The molecule has 2 aromatic heterocycles. The maximum Gasteiger partial charge on any atom is 0.191 e. The normalized spacial score (nSPS) is 11.7. The Labute approximate surface area is 134 Å². The van der Waals surface area contributed by atoms with E-state index in [-0.39, 0.29) is 0 Å². The molecule has 2 heterocycles. The average molecular weight is 321 g/mol. The summed E-state index contributed by atoms with van der Waals surface area (Å²) in [7, 11) is 1.95. The molecule has 0 unspecified atom stereocenters. The monoisotopic (exact) mass is 321 g/mol. The molecule has 0 saturated heterocycles. The molecule has 8 heteroatoms. The van der Waals surface area contributed by atoms with Crippen LogP contribution in [0.3, 0.4) is 0 Å². The van der Waals surface area contributed by atoms with E-state index in [4.69, 9.17) is 0 Å². The van der Waals surface area contributed by atoms with Crippen LogP contribution in [0.25, 0.3) is 0 Å². The molecular weight excluding hydrogens is 298 g/mol. The zero-order valence-electron chi connectivity index (χ0n) is 13.6. The van der Waals surface area contributed by atoms with Gasteiger partial charge in [0.25, 0.3) is 0 Å². The lowest BCUT2D eigenvalue weighted by atomic mass is 10.3. The molecule has 0 bridgehead atoms. The van der Waals surface area contributed by atoms with Crippen LogP contribution in [-0.2, 0) is 20.0 Å². The van der Waals surface area contributed by atoms with Gasteiger partial charge in [-0.25, -0.2) is 9.98 Å². The van der Waals surface area contributed by atoms with Crippen LogP contribution in [0.15, 0.2) is 10.4 Å². The van der Waals surface area contributed by atoms with Gasteiger partial charge in [-0.15, -0.1) is 21.5 Å². The van der Waals surface area contributed by atoms with E-state index in [9.17, 15) is 0 Å². The van der Waals surface area contributed by atoms with Crippen LogP contribution in [-0.4, -0.2) is 38.8 Å². The van der Waals surface area contributed by atoms with Gasteiger partial charge in [0.05, 0.1) is 10.7 Å². The summed E-state index contributed by atoms with van der Waals surface area (Å²) in [5.74, 6) is 2.53. The lowest BCUT2D eigenvalue weighted by Gasteiger charge is -2.10. The van der Waals surface area contributed by atoms with Crippen molar-refractivity contribution >= 4 is 17.3 Å². The summed E-state index contributed by atoms with van der Waals surface area (Å²) < 4.78 is 1.95. The van der Waals surface area contributed by atoms with Gasteiger partial charge in [0.15, 0.2) is 11.8 Å². The van der Waals surface area contributed by atoms with Crippen molar-refractivity contribution in [2.45, 2.75) is 33.7 Å². The Hall–Kier alpha value is -1.96. The highest BCUT2D eigenvalue weighted by atomic mass is 32.1. The van der Waals surface area contributed by atoms with Gasteiger partial charge in [-0.05, 0) is 20.8 Å². The van der Waals surface area contributed by atoms with E-state index in [0.717, 1.165) is 47.8 Å². The van der Waals surface area contributed by atoms with Crippen LogP contribution in [0.4, 0.5) is 0 Å². The smallest absolute Gasteiger partial charge is 0.191 e. The number of hydrogen-bond donors (Lipinski definition) is 2. The molecule has 2 rings (SSSR count). The number of aryl methyl sites for hydroxylation is 2. The highest BCUT2D eigenvalue weighted by Crippen LogP contribution is 2.07. The first-order valence-electron chi connectivity index (χ1n) is 7.38. The summed E-state index contributed by atoms with van der Waals surface area (Å²) >= 11 is 1.68. The Kier molecular flexibility index (Phi) is 5.88. The van der Waals surface area contributed by atoms with Crippen LogP contribution in [0, 0.1) is 13.8 Å². The third-order valence-electron chi connectivity index (χ3n) is 3.25. The van der Waals surface area contributed by atoms with Gasteiger partial charge >= 0.3 is 0 Å². The Bertz CT molecular complexity index is 629. The van der Waals surface area contributed by atoms with Crippen molar-refractivity contribution in [1.82, 2.24) is 30.4 Å². The highest BCUT2D eigenvalue weighted by molar-refractivity contribution is 7.09. The lowest BCUT2D eigenvalue weighted by molar-refractivity contribution is 0.751. The van der Waals surface area contributed by atoms with E-state index in [0.29, 0.717) is 6.54 Å². The van der Waals surface area contributed by atoms with Crippen molar-refractivity contribution in [2.24, 2.45) is 12.0 Å². The van der Waals surface area contributed by atoms with Crippen molar-refractivity contribution in [3.63, 3.8) is 0 Å². The van der Waals surface area contributed by atoms with Gasteiger partial charge in [-0.1, -0.05) is 0 Å². The zero-order valence-corrected chi connectivity index (χ0v) is 14.4. The summed E-state index contributed by atoms with van der Waals surface area (Å²) in [4.78, 5) is 9.01. The number of guanidine groups is 1. The molecule has 0 saturated carbocycles. The molecule has 7 nitrogen and oxygen atoms in total. The molecule has 0 fully saturated rings. The molecule has 0 aliphatic rings. The minimum Gasteiger partial charge on any atom is -0.357 e. The molecule has 2 N–H and O–H groups in total. The standard InChI is InChI=1S/C14H23N7S/c1-5-15-14(16-7-6-12-9-22-11(3)18-12)17-8-13-20-19-10(2)21(13)4/h9H,5-8H2,1-4H3,(H2,15,16,17). The first-order valence-corrected chi connectivity index (χ1v) is 8.26. The number of aliphatic imine (C=N–C) groups is 1. The predicted molar refractivity (Wildman–Crippen MR) is 89.1 cm³/mol. The summed E-state index contributed by atoms with van der Waals surface area (Å²) in [6.45, 7) is 8.12. The van der Waals surface area contributed by atoms with E-state index in [1.165, 1.54) is 0 Å². The van der Waals surface area contributed by atoms with Crippen molar-refractivity contribution in [2.75, 3.05) is 13.1 Å². The lowest BCUT2D eigenvalue weighted by Crippen LogP contribution is -2.38. The number of nitrogens with zero attached hydrogens (tertiary/aromatic N) is 5. The molecule has 0 spiro atoms. The van der Waals surface area contributed by atoms with Crippen LogP contribution < -0.4 is 10.6 Å². The molecule has 0 aliphatic carbocycles. The first-order chi connectivity index (χ1) is 10.6.